The molecule has 1 N–H and O–H groups in total. The number of nitrogens with one attached hydrogen (secondary N) is 1. The number of rotatable bonds is 12. The van der Waals surface area contributed by atoms with E-state index < -0.39 is 17.8 Å². The lowest BCUT2D eigenvalue weighted by atomic mass is 10.0. The van der Waals surface area contributed by atoms with Gasteiger partial charge in [-0.05, 0) is 37.1 Å². The number of para-hydroxylation sites is 2. The van der Waals surface area contributed by atoms with Crippen LogP contribution in [0.15, 0.2) is 78.9 Å². The van der Waals surface area contributed by atoms with Gasteiger partial charge >= 0.3 is 0 Å². The summed E-state index contributed by atoms with van der Waals surface area (Å²) in [6.07, 6.45) is 1.01. The Hall–Kier alpha value is -3.87. The van der Waals surface area contributed by atoms with Gasteiger partial charge in [-0.1, -0.05) is 67.6 Å². The van der Waals surface area contributed by atoms with Crippen LogP contribution in [0.4, 0.5) is 4.39 Å². The van der Waals surface area contributed by atoms with Gasteiger partial charge in [0, 0.05) is 24.6 Å². The predicted octanol–water partition coefficient (Wildman–Crippen LogP) is 4.77. The van der Waals surface area contributed by atoms with E-state index in [4.69, 9.17) is 9.47 Å². The summed E-state index contributed by atoms with van der Waals surface area (Å²) in [6, 6.07) is 21.8. The third kappa shape index (κ3) is 7.31. The van der Waals surface area contributed by atoms with Gasteiger partial charge in [-0.2, -0.15) is 0 Å². The molecule has 3 aromatic carbocycles. The number of nitrogens with zero attached hydrogens (tertiary/aromatic N) is 1. The molecule has 0 unspecified atom stereocenters. The monoisotopic (exact) mass is 492 g/mol. The molecule has 2 amide bonds. The van der Waals surface area contributed by atoms with Gasteiger partial charge < -0.3 is 19.7 Å². The SMILES string of the molecule is CC[C@H](C)NC(=O)[C@H](Cc1ccccc1)N(Cc1ccccc1F)C(=O)COc1ccccc1OC. The van der Waals surface area contributed by atoms with E-state index in [2.05, 4.69) is 5.32 Å². The van der Waals surface area contributed by atoms with Crippen molar-refractivity contribution < 1.29 is 23.5 Å². The smallest absolute Gasteiger partial charge is 0.261 e. The number of benzene rings is 3. The zero-order valence-corrected chi connectivity index (χ0v) is 20.9. The van der Waals surface area contributed by atoms with Gasteiger partial charge in [0.25, 0.3) is 5.91 Å². The molecule has 0 aliphatic rings. The number of halogens is 1. The fourth-order valence-electron chi connectivity index (χ4n) is 3.77. The second-order valence-electron chi connectivity index (χ2n) is 8.58. The van der Waals surface area contributed by atoms with Crippen LogP contribution in [-0.2, 0) is 22.6 Å². The first-order chi connectivity index (χ1) is 17.4. The maximum atomic E-state index is 14.6. The third-order valence-corrected chi connectivity index (χ3v) is 5.99. The second kappa shape index (κ2) is 13.3. The molecule has 2 atom stereocenters. The maximum Gasteiger partial charge on any atom is 0.261 e. The van der Waals surface area contributed by atoms with E-state index >= 15 is 0 Å². The van der Waals surface area contributed by atoms with Crippen molar-refractivity contribution in [2.24, 2.45) is 0 Å². The number of methoxy groups -OCH3 is 1. The predicted molar refractivity (Wildman–Crippen MR) is 137 cm³/mol. The van der Waals surface area contributed by atoms with Crippen LogP contribution in [0.5, 0.6) is 11.5 Å². The zero-order chi connectivity index (χ0) is 25.9. The average Bonchev–Trinajstić information content (AvgIpc) is 2.90. The van der Waals surface area contributed by atoms with Crippen LogP contribution in [0.2, 0.25) is 0 Å². The minimum atomic E-state index is -0.866. The summed E-state index contributed by atoms with van der Waals surface area (Å²) >= 11 is 0. The molecule has 0 saturated carbocycles. The first-order valence-electron chi connectivity index (χ1n) is 12.1. The lowest BCUT2D eigenvalue weighted by molar-refractivity contribution is -0.143. The van der Waals surface area contributed by atoms with E-state index in [1.807, 2.05) is 44.2 Å². The summed E-state index contributed by atoms with van der Waals surface area (Å²) in [5.41, 5.74) is 1.20. The van der Waals surface area contributed by atoms with E-state index in [-0.39, 0.29) is 31.5 Å². The van der Waals surface area contributed by atoms with Crippen molar-refractivity contribution in [3.63, 3.8) is 0 Å². The normalized spacial score (nSPS) is 12.3. The van der Waals surface area contributed by atoms with Crippen LogP contribution in [0.25, 0.3) is 0 Å². The summed E-state index contributed by atoms with van der Waals surface area (Å²) in [7, 11) is 1.52. The molecule has 36 heavy (non-hydrogen) atoms. The highest BCUT2D eigenvalue weighted by atomic mass is 19.1. The minimum absolute atomic E-state index is 0.0772. The van der Waals surface area contributed by atoms with Crippen molar-refractivity contribution in [3.8, 4) is 11.5 Å². The lowest BCUT2D eigenvalue weighted by Crippen LogP contribution is -2.53. The Kier molecular flexibility index (Phi) is 9.86. The standard InChI is InChI=1S/C29H33FN2O4/c1-4-21(2)31-29(34)25(18-22-12-6-5-7-13-22)32(19-23-14-8-9-15-24(23)30)28(33)20-36-27-17-11-10-16-26(27)35-3/h5-17,21,25H,4,18-20H2,1-3H3,(H,31,34)/t21-,25-/m0/s1. The molecule has 0 fully saturated rings. The quantitative estimate of drug-likeness (QED) is 0.396. The molecule has 0 heterocycles. The Morgan fingerprint density at radius 2 is 1.58 bits per heavy atom. The Morgan fingerprint density at radius 1 is 0.944 bits per heavy atom. The van der Waals surface area contributed by atoms with Crippen molar-refractivity contribution in [2.45, 2.75) is 45.3 Å². The average molecular weight is 493 g/mol. The Bertz CT molecular complexity index is 1140. The van der Waals surface area contributed by atoms with E-state index in [0.29, 0.717) is 17.1 Å². The van der Waals surface area contributed by atoms with E-state index in [1.54, 1.807) is 42.5 Å². The zero-order valence-electron chi connectivity index (χ0n) is 20.9. The molecular formula is C29H33FN2O4. The molecular weight excluding hydrogens is 459 g/mol. The molecule has 6 nitrogen and oxygen atoms in total. The molecule has 0 bridgehead atoms. The first kappa shape index (κ1) is 26.7. The van der Waals surface area contributed by atoms with Gasteiger partial charge in [0.05, 0.1) is 7.11 Å². The van der Waals surface area contributed by atoms with Crippen molar-refractivity contribution in [2.75, 3.05) is 13.7 Å². The van der Waals surface area contributed by atoms with Crippen molar-refractivity contribution in [1.82, 2.24) is 10.2 Å². The third-order valence-electron chi connectivity index (χ3n) is 5.99. The molecule has 0 aromatic heterocycles. The number of carbonyl (C=O) groups is 2. The van der Waals surface area contributed by atoms with Crippen LogP contribution in [0.1, 0.15) is 31.4 Å². The van der Waals surface area contributed by atoms with E-state index in [9.17, 15) is 14.0 Å². The molecule has 3 aromatic rings. The highest BCUT2D eigenvalue weighted by molar-refractivity contribution is 5.88. The minimum Gasteiger partial charge on any atom is -0.493 e. The molecule has 190 valence electrons. The fraction of sp³-hybridized carbons (Fsp3) is 0.310. The molecule has 3 rings (SSSR count). The van der Waals surface area contributed by atoms with Crippen molar-refractivity contribution >= 4 is 11.8 Å². The Balaban J connectivity index is 1.94. The Labute approximate surface area is 212 Å². The van der Waals surface area contributed by atoms with Gasteiger partial charge in [-0.25, -0.2) is 4.39 Å². The number of amides is 2. The van der Waals surface area contributed by atoms with Crippen LogP contribution < -0.4 is 14.8 Å². The number of hydrogen-bond acceptors (Lipinski definition) is 4. The van der Waals surface area contributed by atoms with Crippen LogP contribution in [-0.4, -0.2) is 42.5 Å². The largest absolute Gasteiger partial charge is 0.493 e. The first-order valence-corrected chi connectivity index (χ1v) is 12.1. The number of carbonyl (C=O) groups excluding carboxylic acids is 2. The van der Waals surface area contributed by atoms with Crippen molar-refractivity contribution in [1.29, 1.82) is 0 Å². The Morgan fingerprint density at radius 3 is 2.25 bits per heavy atom. The molecule has 0 aliphatic heterocycles. The van der Waals surface area contributed by atoms with Gasteiger partial charge in [-0.3, -0.25) is 9.59 Å². The van der Waals surface area contributed by atoms with Gasteiger partial charge in [0.2, 0.25) is 5.91 Å². The fourth-order valence-corrected chi connectivity index (χ4v) is 3.77. The van der Waals surface area contributed by atoms with Gasteiger partial charge in [0.15, 0.2) is 18.1 Å². The van der Waals surface area contributed by atoms with E-state index in [0.717, 1.165) is 12.0 Å². The van der Waals surface area contributed by atoms with Crippen LogP contribution in [0.3, 0.4) is 0 Å². The molecule has 7 heteroatoms. The topological polar surface area (TPSA) is 67.9 Å². The van der Waals surface area contributed by atoms with Crippen molar-refractivity contribution in [3.05, 3.63) is 95.8 Å². The second-order valence-corrected chi connectivity index (χ2v) is 8.58. The highest BCUT2D eigenvalue weighted by Gasteiger charge is 2.32. The van der Waals surface area contributed by atoms with Crippen LogP contribution >= 0.6 is 0 Å². The van der Waals surface area contributed by atoms with Crippen LogP contribution in [0, 0.1) is 5.82 Å². The summed E-state index contributed by atoms with van der Waals surface area (Å²) in [5, 5.41) is 2.99. The molecule has 0 saturated heterocycles. The van der Waals surface area contributed by atoms with E-state index in [1.165, 1.54) is 18.1 Å². The highest BCUT2D eigenvalue weighted by Crippen LogP contribution is 2.26. The summed E-state index contributed by atoms with van der Waals surface area (Å²) in [4.78, 5) is 28.4. The maximum absolute atomic E-state index is 14.6. The summed E-state index contributed by atoms with van der Waals surface area (Å²) < 4.78 is 25.7. The molecule has 0 spiro atoms. The summed E-state index contributed by atoms with van der Waals surface area (Å²) in [6.45, 7) is 3.47. The summed E-state index contributed by atoms with van der Waals surface area (Å²) in [5.74, 6) is -0.287. The number of hydrogen-bond donors (Lipinski definition) is 1. The van der Waals surface area contributed by atoms with Gasteiger partial charge in [0.1, 0.15) is 11.9 Å². The van der Waals surface area contributed by atoms with Gasteiger partial charge in [-0.15, -0.1) is 0 Å². The lowest BCUT2D eigenvalue weighted by Gasteiger charge is -2.32. The molecule has 0 aliphatic carbocycles. The number of ether oxygens (including phenoxy) is 2. The molecule has 0 radical (unpaired) electrons.